The van der Waals surface area contributed by atoms with Gasteiger partial charge in [-0.2, -0.15) is 0 Å². The third-order valence-electron chi connectivity index (χ3n) is 3.68. The highest BCUT2D eigenvalue weighted by atomic mass is 127. The van der Waals surface area contributed by atoms with E-state index in [1.807, 2.05) is 29.2 Å². The number of carbonyl (C=O) groups excluding carboxylic acids is 1. The number of rotatable bonds is 4. The smallest absolute Gasteiger partial charge is 0.253 e. The fraction of sp³-hybridized carbons (Fsp3) is 0.533. The van der Waals surface area contributed by atoms with Crippen LogP contribution in [0.15, 0.2) is 24.3 Å². The molecule has 19 heavy (non-hydrogen) atoms. The third-order valence-corrected chi connectivity index (χ3v) is 4.40. The van der Waals surface area contributed by atoms with Gasteiger partial charge in [0.25, 0.3) is 5.91 Å². The molecule has 2 rings (SSSR count). The highest BCUT2D eigenvalue weighted by Gasteiger charge is 2.23. The maximum Gasteiger partial charge on any atom is 0.253 e. The lowest BCUT2D eigenvalue weighted by molar-refractivity contribution is 0.0690. The summed E-state index contributed by atoms with van der Waals surface area (Å²) < 4.78 is 1.17. The molecule has 0 spiro atoms. The van der Waals surface area contributed by atoms with Crippen LogP contribution in [0.2, 0.25) is 0 Å². The van der Waals surface area contributed by atoms with E-state index in [9.17, 15) is 4.79 Å². The van der Waals surface area contributed by atoms with E-state index >= 15 is 0 Å². The molecule has 1 aliphatic rings. The molecule has 1 saturated heterocycles. The number of hydrogen-bond donors (Lipinski definition) is 1. The van der Waals surface area contributed by atoms with Crippen LogP contribution < -0.4 is 5.32 Å². The maximum atomic E-state index is 12.3. The van der Waals surface area contributed by atoms with E-state index in [1.165, 1.54) is 3.57 Å². The van der Waals surface area contributed by atoms with Crippen LogP contribution in [0, 0.1) is 9.49 Å². The molecule has 0 aromatic heterocycles. The maximum absolute atomic E-state index is 12.3. The van der Waals surface area contributed by atoms with Crippen LogP contribution in [-0.2, 0) is 0 Å². The highest BCUT2D eigenvalue weighted by Crippen LogP contribution is 2.19. The van der Waals surface area contributed by atoms with Crippen molar-refractivity contribution in [3.63, 3.8) is 0 Å². The molecule has 0 unspecified atom stereocenters. The quantitative estimate of drug-likeness (QED) is 0.825. The first-order chi connectivity index (χ1) is 9.20. The molecule has 1 aromatic rings. The van der Waals surface area contributed by atoms with Crippen molar-refractivity contribution in [1.82, 2.24) is 10.2 Å². The Morgan fingerprint density at radius 1 is 1.32 bits per heavy atom. The minimum atomic E-state index is 0.179. The van der Waals surface area contributed by atoms with E-state index in [0.717, 1.165) is 50.5 Å². The van der Waals surface area contributed by atoms with Crippen LogP contribution in [0.1, 0.15) is 30.1 Å². The molecule has 1 amide bonds. The van der Waals surface area contributed by atoms with Gasteiger partial charge in [-0.25, -0.2) is 0 Å². The zero-order valence-corrected chi connectivity index (χ0v) is 13.5. The van der Waals surface area contributed by atoms with Crippen molar-refractivity contribution in [3.8, 4) is 0 Å². The van der Waals surface area contributed by atoms with E-state index in [-0.39, 0.29) is 5.91 Å². The normalized spacial score (nSPS) is 16.6. The molecule has 1 aromatic carbocycles. The molecule has 1 N–H and O–H groups in total. The summed E-state index contributed by atoms with van der Waals surface area (Å²) in [6, 6.07) is 7.83. The zero-order valence-electron chi connectivity index (χ0n) is 11.4. The second-order valence-corrected chi connectivity index (χ2v) is 6.30. The van der Waals surface area contributed by atoms with E-state index in [0.29, 0.717) is 0 Å². The van der Waals surface area contributed by atoms with E-state index in [2.05, 4.69) is 34.8 Å². The molecule has 1 heterocycles. The Morgan fingerprint density at radius 2 is 1.95 bits per heavy atom. The number of halogens is 1. The van der Waals surface area contributed by atoms with Gasteiger partial charge in [-0.15, -0.1) is 0 Å². The fourth-order valence-corrected chi connectivity index (χ4v) is 2.82. The Bertz CT molecular complexity index is 411. The Labute approximate surface area is 128 Å². The predicted molar refractivity (Wildman–Crippen MR) is 86.3 cm³/mol. The average molecular weight is 372 g/mol. The van der Waals surface area contributed by atoms with Crippen molar-refractivity contribution >= 4 is 28.5 Å². The summed E-state index contributed by atoms with van der Waals surface area (Å²) in [6.45, 7) is 6.03. The Hall–Kier alpha value is -0.620. The molecule has 3 nitrogen and oxygen atoms in total. The highest BCUT2D eigenvalue weighted by molar-refractivity contribution is 14.1. The van der Waals surface area contributed by atoms with Crippen molar-refractivity contribution in [2.24, 2.45) is 5.92 Å². The van der Waals surface area contributed by atoms with Crippen molar-refractivity contribution in [2.75, 3.05) is 26.2 Å². The lowest BCUT2D eigenvalue weighted by atomic mass is 9.96. The van der Waals surface area contributed by atoms with Crippen LogP contribution >= 0.6 is 22.6 Å². The number of likely N-dealkylation sites (tertiary alicyclic amines) is 1. The van der Waals surface area contributed by atoms with Gasteiger partial charge in [0.05, 0.1) is 0 Å². The van der Waals surface area contributed by atoms with Gasteiger partial charge in [0.15, 0.2) is 0 Å². The van der Waals surface area contributed by atoms with Crippen LogP contribution in [0.4, 0.5) is 0 Å². The van der Waals surface area contributed by atoms with Crippen LogP contribution in [0.3, 0.4) is 0 Å². The Morgan fingerprint density at radius 3 is 2.53 bits per heavy atom. The Kier molecular flexibility index (Phi) is 5.63. The second-order valence-electron chi connectivity index (χ2n) is 5.05. The van der Waals surface area contributed by atoms with Crippen LogP contribution in [0.5, 0.6) is 0 Å². The molecule has 1 fully saturated rings. The number of amides is 1. The third kappa shape index (κ3) is 4.18. The molecule has 0 atom stereocenters. The second kappa shape index (κ2) is 7.24. The van der Waals surface area contributed by atoms with Gasteiger partial charge in [-0.05, 0) is 78.7 Å². The topological polar surface area (TPSA) is 32.3 Å². The van der Waals surface area contributed by atoms with Crippen molar-refractivity contribution in [3.05, 3.63) is 33.4 Å². The largest absolute Gasteiger partial charge is 0.339 e. The summed E-state index contributed by atoms with van der Waals surface area (Å²) in [7, 11) is 0. The van der Waals surface area contributed by atoms with Crippen molar-refractivity contribution in [2.45, 2.75) is 19.8 Å². The molecule has 0 aliphatic carbocycles. The van der Waals surface area contributed by atoms with Gasteiger partial charge in [0.1, 0.15) is 0 Å². The number of nitrogens with one attached hydrogen (secondary N) is 1. The summed E-state index contributed by atoms with van der Waals surface area (Å²) >= 11 is 2.26. The zero-order chi connectivity index (χ0) is 13.7. The predicted octanol–water partition coefficient (Wildman–Crippen LogP) is 2.75. The van der Waals surface area contributed by atoms with Gasteiger partial charge >= 0.3 is 0 Å². The molecule has 0 radical (unpaired) electrons. The molecule has 104 valence electrons. The number of nitrogens with zero attached hydrogens (tertiary/aromatic N) is 1. The standard InChI is InChI=1S/C15H21IN2O/c1-2-17-11-12-7-9-18(10-8-12)15(19)13-3-5-14(16)6-4-13/h3-6,12,17H,2,7-11H2,1H3. The molecule has 0 bridgehead atoms. The molecule has 0 saturated carbocycles. The summed E-state index contributed by atoms with van der Waals surface area (Å²) in [6.07, 6.45) is 2.23. The summed E-state index contributed by atoms with van der Waals surface area (Å²) in [5, 5.41) is 3.40. The van der Waals surface area contributed by atoms with E-state index in [1.54, 1.807) is 0 Å². The van der Waals surface area contributed by atoms with Gasteiger partial charge < -0.3 is 10.2 Å². The van der Waals surface area contributed by atoms with Gasteiger partial charge in [0.2, 0.25) is 0 Å². The molecular formula is C15H21IN2O. The molecule has 4 heteroatoms. The van der Waals surface area contributed by atoms with Crippen molar-refractivity contribution < 1.29 is 4.79 Å². The molecule has 1 aliphatic heterocycles. The summed E-state index contributed by atoms with van der Waals surface area (Å²) in [4.78, 5) is 14.3. The number of benzene rings is 1. The first-order valence-corrected chi connectivity index (χ1v) is 8.04. The lowest BCUT2D eigenvalue weighted by Crippen LogP contribution is -2.40. The minimum absolute atomic E-state index is 0.179. The summed E-state index contributed by atoms with van der Waals surface area (Å²) in [5.74, 6) is 0.902. The average Bonchev–Trinajstić information content (AvgIpc) is 2.46. The van der Waals surface area contributed by atoms with Gasteiger partial charge in [0, 0.05) is 22.2 Å². The van der Waals surface area contributed by atoms with Crippen LogP contribution in [-0.4, -0.2) is 37.0 Å². The summed E-state index contributed by atoms with van der Waals surface area (Å²) in [5.41, 5.74) is 0.811. The Balaban J connectivity index is 1.87. The van der Waals surface area contributed by atoms with E-state index < -0.39 is 0 Å². The first kappa shape index (κ1) is 14.8. The monoisotopic (exact) mass is 372 g/mol. The lowest BCUT2D eigenvalue weighted by Gasteiger charge is -2.32. The number of piperidine rings is 1. The molecular weight excluding hydrogens is 351 g/mol. The van der Waals surface area contributed by atoms with Gasteiger partial charge in [-0.1, -0.05) is 6.92 Å². The first-order valence-electron chi connectivity index (χ1n) is 6.96. The van der Waals surface area contributed by atoms with E-state index in [4.69, 9.17) is 0 Å². The van der Waals surface area contributed by atoms with Gasteiger partial charge in [-0.3, -0.25) is 4.79 Å². The number of carbonyl (C=O) groups is 1. The SMILES string of the molecule is CCNCC1CCN(C(=O)c2ccc(I)cc2)CC1. The van der Waals surface area contributed by atoms with Crippen LogP contribution in [0.25, 0.3) is 0 Å². The fourth-order valence-electron chi connectivity index (χ4n) is 2.46. The number of hydrogen-bond acceptors (Lipinski definition) is 2. The van der Waals surface area contributed by atoms with Crippen molar-refractivity contribution in [1.29, 1.82) is 0 Å². The minimum Gasteiger partial charge on any atom is -0.339 e.